The van der Waals surface area contributed by atoms with Crippen LogP contribution in [0, 0.1) is 23.7 Å². The van der Waals surface area contributed by atoms with E-state index in [9.17, 15) is 9.59 Å². The molecule has 3 heteroatoms. The lowest BCUT2D eigenvalue weighted by atomic mass is 9.63. The molecule has 0 spiro atoms. The van der Waals surface area contributed by atoms with Crippen LogP contribution >= 0.6 is 0 Å². The lowest BCUT2D eigenvalue weighted by molar-refractivity contribution is -0.138. The molecule has 1 aliphatic heterocycles. The Morgan fingerprint density at radius 1 is 1.07 bits per heavy atom. The largest absolute Gasteiger partial charge is 0.285 e. The zero-order chi connectivity index (χ0) is 9.87. The van der Waals surface area contributed by atoms with Crippen molar-refractivity contribution < 1.29 is 9.59 Å². The summed E-state index contributed by atoms with van der Waals surface area (Å²) in [5.41, 5.74) is 0. The summed E-state index contributed by atoms with van der Waals surface area (Å²) in [7, 11) is 1.61. The standard InChI is InChI=1S/C11H13NO2/c1-12-10(13)8-6-2-3-7(5-4-6)9(8)11(12)14/h2-3,6-9H,4-5H2,1H3/t6-,7-,8-,9+/m0/s1. The molecule has 0 unspecified atom stereocenters. The number of rotatable bonds is 0. The topological polar surface area (TPSA) is 37.4 Å². The van der Waals surface area contributed by atoms with E-state index in [1.165, 1.54) is 4.90 Å². The second-order valence-corrected chi connectivity index (χ2v) is 4.58. The number of hydrogen-bond acceptors (Lipinski definition) is 2. The highest BCUT2D eigenvalue weighted by molar-refractivity contribution is 6.05. The molecule has 1 saturated heterocycles. The summed E-state index contributed by atoms with van der Waals surface area (Å²) in [6.45, 7) is 0. The van der Waals surface area contributed by atoms with Crippen LogP contribution in [0.2, 0.25) is 0 Å². The van der Waals surface area contributed by atoms with Gasteiger partial charge in [-0.25, -0.2) is 0 Å². The highest BCUT2D eigenvalue weighted by Crippen LogP contribution is 2.49. The van der Waals surface area contributed by atoms with Gasteiger partial charge in [-0.1, -0.05) is 12.2 Å². The van der Waals surface area contributed by atoms with Gasteiger partial charge in [-0.3, -0.25) is 14.5 Å². The van der Waals surface area contributed by atoms with Crippen LogP contribution in [0.1, 0.15) is 12.8 Å². The summed E-state index contributed by atoms with van der Waals surface area (Å²) in [4.78, 5) is 24.9. The van der Waals surface area contributed by atoms with Crippen LogP contribution in [-0.4, -0.2) is 23.8 Å². The number of nitrogens with zero attached hydrogens (tertiary/aromatic N) is 1. The first-order valence-electron chi connectivity index (χ1n) is 5.20. The smallest absolute Gasteiger partial charge is 0.233 e. The number of allylic oxidation sites excluding steroid dienone is 2. The van der Waals surface area contributed by atoms with Crippen molar-refractivity contribution in [1.29, 1.82) is 0 Å². The van der Waals surface area contributed by atoms with Crippen LogP contribution < -0.4 is 0 Å². The third-order valence-electron chi connectivity index (χ3n) is 3.98. The number of fused-ring (bicyclic) bond motifs is 1. The Labute approximate surface area is 82.8 Å². The van der Waals surface area contributed by atoms with Gasteiger partial charge in [0.2, 0.25) is 11.8 Å². The van der Waals surface area contributed by atoms with Gasteiger partial charge in [0, 0.05) is 7.05 Å². The van der Waals surface area contributed by atoms with Gasteiger partial charge in [0.25, 0.3) is 0 Å². The minimum absolute atomic E-state index is 0.0313. The maximum absolute atomic E-state index is 11.8. The highest BCUT2D eigenvalue weighted by atomic mass is 16.2. The Balaban J connectivity index is 2.07. The molecule has 1 heterocycles. The van der Waals surface area contributed by atoms with E-state index in [-0.39, 0.29) is 23.7 Å². The van der Waals surface area contributed by atoms with E-state index in [0.717, 1.165) is 12.8 Å². The molecule has 0 aromatic carbocycles. The van der Waals surface area contributed by atoms with Crippen molar-refractivity contribution in [2.45, 2.75) is 12.8 Å². The Morgan fingerprint density at radius 3 is 1.86 bits per heavy atom. The van der Waals surface area contributed by atoms with Crippen molar-refractivity contribution in [2.24, 2.45) is 23.7 Å². The molecule has 0 aromatic heterocycles. The molecule has 0 N–H and O–H groups in total. The molecule has 1 saturated carbocycles. The number of likely N-dealkylation sites (tertiary alicyclic amines) is 1. The quantitative estimate of drug-likeness (QED) is 0.420. The molecule has 14 heavy (non-hydrogen) atoms. The second kappa shape index (κ2) is 2.47. The predicted molar refractivity (Wildman–Crippen MR) is 50.1 cm³/mol. The fourth-order valence-corrected chi connectivity index (χ4v) is 3.22. The third kappa shape index (κ3) is 0.781. The van der Waals surface area contributed by atoms with Gasteiger partial charge in [0.1, 0.15) is 0 Å². The van der Waals surface area contributed by atoms with Crippen molar-refractivity contribution in [1.82, 2.24) is 4.90 Å². The lowest BCUT2D eigenvalue weighted by Crippen LogP contribution is -2.38. The van der Waals surface area contributed by atoms with Crippen LogP contribution in [0.3, 0.4) is 0 Å². The molecule has 3 nitrogen and oxygen atoms in total. The number of imide groups is 1. The van der Waals surface area contributed by atoms with Crippen LogP contribution in [0.5, 0.6) is 0 Å². The van der Waals surface area contributed by atoms with Crippen molar-refractivity contribution in [2.75, 3.05) is 7.05 Å². The molecule has 0 radical (unpaired) electrons. The van der Waals surface area contributed by atoms with Gasteiger partial charge in [-0.2, -0.15) is 0 Å². The molecular weight excluding hydrogens is 178 g/mol. The van der Waals surface area contributed by atoms with E-state index >= 15 is 0 Å². The minimum atomic E-state index is -0.0313. The van der Waals surface area contributed by atoms with Gasteiger partial charge in [-0.05, 0) is 24.7 Å². The Morgan fingerprint density at radius 2 is 1.50 bits per heavy atom. The average molecular weight is 191 g/mol. The molecule has 2 amide bonds. The summed E-state index contributed by atoms with van der Waals surface area (Å²) in [6, 6.07) is 0. The maximum Gasteiger partial charge on any atom is 0.233 e. The number of carbonyl (C=O) groups is 2. The summed E-state index contributed by atoms with van der Waals surface area (Å²) in [5.74, 6) is 0.670. The van der Waals surface area contributed by atoms with E-state index < -0.39 is 0 Å². The van der Waals surface area contributed by atoms with Gasteiger partial charge < -0.3 is 0 Å². The van der Waals surface area contributed by atoms with Gasteiger partial charge in [0.05, 0.1) is 11.8 Å². The number of hydrogen-bond donors (Lipinski definition) is 0. The second-order valence-electron chi connectivity index (χ2n) is 4.58. The first-order valence-corrected chi connectivity index (χ1v) is 5.20. The Bertz CT molecular complexity index is 315. The van der Waals surface area contributed by atoms with Gasteiger partial charge >= 0.3 is 0 Å². The first-order chi connectivity index (χ1) is 6.70. The minimum Gasteiger partial charge on any atom is -0.285 e. The van der Waals surface area contributed by atoms with E-state index in [1.807, 2.05) is 0 Å². The monoisotopic (exact) mass is 191 g/mol. The molecule has 4 rings (SSSR count). The average Bonchev–Trinajstić information content (AvgIpc) is 2.47. The number of carbonyl (C=O) groups excluding carboxylic acids is 2. The number of amides is 2. The molecular formula is C11H13NO2. The Kier molecular flexibility index (Phi) is 1.45. The molecule has 4 atom stereocenters. The SMILES string of the molecule is CN1C(=O)[C@@H]2[C@H](C1=O)[C@H]1C=C[C@H]2CC1. The first kappa shape index (κ1) is 8.21. The maximum atomic E-state index is 11.8. The van der Waals surface area contributed by atoms with Crippen molar-refractivity contribution in [3.63, 3.8) is 0 Å². The van der Waals surface area contributed by atoms with E-state index in [2.05, 4.69) is 12.2 Å². The van der Waals surface area contributed by atoms with Crippen LogP contribution in [-0.2, 0) is 9.59 Å². The van der Waals surface area contributed by atoms with E-state index in [1.54, 1.807) is 7.05 Å². The van der Waals surface area contributed by atoms with Crippen molar-refractivity contribution in [3.8, 4) is 0 Å². The molecule has 2 bridgehead atoms. The van der Waals surface area contributed by atoms with Gasteiger partial charge in [0.15, 0.2) is 0 Å². The third-order valence-corrected chi connectivity index (χ3v) is 3.98. The zero-order valence-electron chi connectivity index (χ0n) is 8.14. The van der Waals surface area contributed by atoms with Crippen LogP contribution in [0.4, 0.5) is 0 Å². The van der Waals surface area contributed by atoms with Crippen molar-refractivity contribution >= 4 is 11.8 Å². The fraction of sp³-hybridized carbons (Fsp3) is 0.636. The summed E-state index contributed by atoms with van der Waals surface area (Å²) in [6.07, 6.45) is 6.43. The van der Waals surface area contributed by atoms with Gasteiger partial charge in [-0.15, -0.1) is 0 Å². The van der Waals surface area contributed by atoms with Crippen molar-refractivity contribution in [3.05, 3.63) is 12.2 Å². The Hall–Kier alpha value is -1.12. The molecule has 0 aromatic rings. The van der Waals surface area contributed by atoms with Crippen LogP contribution in [0.25, 0.3) is 0 Å². The van der Waals surface area contributed by atoms with E-state index in [0.29, 0.717) is 11.8 Å². The van der Waals surface area contributed by atoms with E-state index in [4.69, 9.17) is 0 Å². The summed E-state index contributed by atoms with van der Waals surface area (Å²) >= 11 is 0. The normalized spacial score (nSPS) is 44.8. The summed E-state index contributed by atoms with van der Waals surface area (Å²) < 4.78 is 0. The predicted octanol–water partition coefficient (Wildman–Crippen LogP) is 0.813. The fourth-order valence-electron chi connectivity index (χ4n) is 3.22. The highest BCUT2D eigenvalue weighted by Gasteiger charge is 2.55. The molecule has 2 fully saturated rings. The molecule has 3 aliphatic carbocycles. The summed E-state index contributed by atoms with van der Waals surface area (Å²) in [5, 5.41) is 0. The lowest BCUT2D eigenvalue weighted by Gasteiger charge is -2.38. The van der Waals surface area contributed by atoms with Crippen LogP contribution in [0.15, 0.2) is 12.2 Å². The zero-order valence-corrected chi connectivity index (χ0v) is 8.14. The molecule has 74 valence electrons. The molecule has 4 aliphatic rings.